The summed E-state index contributed by atoms with van der Waals surface area (Å²) in [6.07, 6.45) is 3.80. The van der Waals surface area contributed by atoms with Crippen LogP contribution in [0.2, 0.25) is 0 Å². The maximum Gasteiger partial charge on any atom is 0.316 e. The first kappa shape index (κ1) is 20.3. The van der Waals surface area contributed by atoms with Crippen LogP contribution in [0.5, 0.6) is 0 Å². The number of nitrogens with zero attached hydrogens (tertiary/aromatic N) is 1. The second kappa shape index (κ2) is 8.68. The second-order valence-electron chi connectivity index (χ2n) is 7.38. The van der Waals surface area contributed by atoms with E-state index in [-0.39, 0.29) is 25.0 Å². The molecule has 0 aliphatic carbocycles. The molecule has 3 rings (SSSR count). The van der Waals surface area contributed by atoms with E-state index in [1.807, 2.05) is 6.07 Å². The minimum absolute atomic E-state index is 0.0266. The summed E-state index contributed by atoms with van der Waals surface area (Å²) >= 11 is 0. The highest BCUT2D eigenvalue weighted by molar-refractivity contribution is 7.86. The number of hydrogen-bond donors (Lipinski definition) is 1. The third kappa shape index (κ3) is 5.07. The molecule has 2 bridgehead atoms. The Bertz CT molecular complexity index is 726. The molecule has 2 aliphatic rings. The summed E-state index contributed by atoms with van der Waals surface area (Å²) in [6, 6.07) is 9.93. The van der Waals surface area contributed by atoms with E-state index in [2.05, 4.69) is 11.9 Å². The predicted octanol–water partition coefficient (Wildman–Crippen LogP) is 1.24. The fraction of sp³-hybridized carbons (Fsp3) is 0.632. The molecule has 7 nitrogen and oxygen atoms in total. The van der Waals surface area contributed by atoms with E-state index in [1.165, 1.54) is 0 Å². The van der Waals surface area contributed by atoms with E-state index in [0.29, 0.717) is 17.6 Å². The highest BCUT2D eigenvalue weighted by Gasteiger charge is 2.40. The number of piperidine rings is 1. The van der Waals surface area contributed by atoms with Crippen molar-refractivity contribution in [3.8, 4) is 0 Å². The lowest BCUT2D eigenvalue weighted by Gasteiger charge is -2.36. The van der Waals surface area contributed by atoms with Crippen molar-refractivity contribution in [3.63, 3.8) is 0 Å². The first-order valence-electron chi connectivity index (χ1n) is 9.44. The SMILES string of the molecule is CN1[C@@H]2CC[C@H]1C[C@@H](OC(=O)C(COS(=O)(=O)CCN)c1ccccc1)C2. The van der Waals surface area contributed by atoms with Crippen molar-refractivity contribution in [1.82, 2.24) is 4.90 Å². The van der Waals surface area contributed by atoms with Gasteiger partial charge in [0.15, 0.2) is 0 Å². The number of nitrogens with two attached hydrogens (primary N) is 1. The molecule has 2 saturated heterocycles. The monoisotopic (exact) mass is 396 g/mol. The van der Waals surface area contributed by atoms with Crippen LogP contribution in [0.1, 0.15) is 37.2 Å². The molecule has 1 aromatic carbocycles. The van der Waals surface area contributed by atoms with Crippen LogP contribution < -0.4 is 5.73 Å². The van der Waals surface area contributed by atoms with Crippen molar-refractivity contribution in [2.45, 2.75) is 49.8 Å². The van der Waals surface area contributed by atoms with Crippen LogP contribution in [0.3, 0.4) is 0 Å². The minimum Gasteiger partial charge on any atom is -0.462 e. The fourth-order valence-electron chi connectivity index (χ4n) is 4.06. The quantitative estimate of drug-likeness (QED) is 0.521. The number of hydrogen-bond acceptors (Lipinski definition) is 7. The van der Waals surface area contributed by atoms with E-state index in [9.17, 15) is 13.2 Å². The Kier molecular flexibility index (Phi) is 6.52. The average molecular weight is 397 g/mol. The molecule has 0 amide bonds. The van der Waals surface area contributed by atoms with Crippen molar-refractivity contribution in [2.75, 3.05) is 26.0 Å². The average Bonchev–Trinajstić information content (AvgIpc) is 2.83. The molecule has 0 radical (unpaired) electrons. The summed E-state index contributed by atoms with van der Waals surface area (Å²) in [5.41, 5.74) is 5.99. The summed E-state index contributed by atoms with van der Waals surface area (Å²) in [6.45, 7) is -0.300. The van der Waals surface area contributed by atoms with Crippen LogP contribution in [0, 0.1) is 0 Å². The van der Waals surface area contributed by atoms with Crippen LogP contribution in [-0.2, 0) is 23.8 Å². The highest BCUT2D eigenvalue weighted by atomic mass is 32.2. The van der Waals surface area contributed by atoms with Crippen LogP contribution in [0.25, 0.3) is 0 Å². The van der Waals surface area contributed by atoms with Crippen molar-refractivity contribution < 1.29 is 22.1 Å². The number of carbonyl (C=O) groups excluding carboxylic acids is 1. The lowest BCUT2D eigenvalue weighted by molar-refractivity contribution is -0.155. The normalized spacial score (nSPS) is 26.7. The van der Waals surface area contributed by atoms with Crippen LogP contribution in [0.15, 0.2) is 30.3 Å². The molecule has 4 atom stereocenters. The number of carbonyl (C=O) groups is 1. The maximum absolute atomic E-state index is 12.9. The molecule has 27 heavy (non-hydrogen) atoms. The van der Waals surface area contributed by atoms with Gasteiger partial charge in [0.05, 0.1) is 12.4 Å². The molecule has 2 aliphatic heterocycles. The molecule has 2 N–H and O–H groups in total. The zero-order chi connectivity index (χ0) is 19.4. The lowest BCUT2D eigenvalue weighted by atomic mass is 9.98. The maximum atomic E-state index is 12.9. The number of benzene rings is 1. The zero-order valence-corrected chi connectivity index (χ0v) is 16.4. The number of rotatable bonds is 8. The molecule has 0 saturated carbocycles. The molecule has 2 fully saturated rings. The van der Waals surface area contributed by atoms with Gasteiger partial charge in [0.2, 0.25) is 0 Å². The van der Waals surface area contributed by atoms with Gasteiger partial charge in [-0.05, 0) is 38.3 Å². The lowest BCUT2D eigenvalue weighted by Crippen LogP contribution is -2.44. The molecule has 150 valence electrons. The molecule has 8 heteroatoms. The van der Waals surface area contributed by atoms with Crippen molar-refractivity contribution in [2.24, 2.45) is 5.73 Å². The van der Waals surface area contributed by atoms with Crippen molar-refractivity contribution in [1.29, 1.82) is 0 Å². The zero-order valence-electron chi connectivity index (χ0n) is 15.6. The summed E-state index contributed by atoms with van der Waals surface area (Å²) in [7, 11) is -1.63. The Balaban J connectivity index is 1.68. The summed E-state index contributed by atoms with van der Waals surface area (Å²) in [4.78, 5) is 15.2. The number of ether oxygens (including phenoxy) is 1. The summed E-state index contributed by atoms with van der Waals surface area (Å²) in [5.74, 6) is -1.49. The molecule has 0 spiro atoms. The van der Waals surface area contributed by atoms with E-state index >= 15 is 0 Å². The minimum atomic E-state index is -3.76. The first-order chi connectivity index (χ1) is 12.9. The highest BCUT2D eigenvalue weighted by Crippen LogP contribution is 2.36. The molecule has 2 heterocycles. The van der Waals surface area contributed by atoms with Gasteiger partial charge in [-0.1, -0.05) is 30.3 Å². The van der Waals surface area contributed by atoms with Crippen molar-refractivity contribution in [3.05, 3.63) is 35.9 Å². The Morgan fingerprint density at radius 1 is 1.22 bits per heavy atom. The Labute approximate surface area is 160 Å². The summed E-state index contributed by atoms with van der Waals surface area (Å²) in [5, 5.41) is 0. The molecule has 1 unspecified atom stereocenters. The van der Waals surface area contributed by atoms with E-state index in [4.69, 9.17) is 14.7 Å². The first-order valence-corrected chi connectivity index (χ1v) is 11.0. The summed E-state index contributed by atoms with van der Waals surface area (Å²) < 4.78 is 34.5. The van der Waals surface area contributed by atoms with Gasteiger partial charge in [0.25, 0.3) is 10.1 Å². The van der Waals surface area contributed by atoms with Gasteiger partial charge in [-0.2, -0.15) is 8.42 Å². The molecular formula is C19H28N2O5S. The third-order valence-corrected chi connectivity index (χ3v) is 6.84. The van der Waals surface area contributed by atoms with Crippen molar-refractivity contribution >= 4 is 16.1 Å². The predicted molar refractivity (Wildman–Crippen MR) is 102 cm³/mol. The Morgan fingerprint density at radius 3 is 2.44 bits per heavy atom. The standard InChI is InChI=1S/C19H28N2O5S/c1-21-15-7-8-16(21)12-17(11-15)26-19(22)18(14-5-3-2-4-6-14)13-25-27(23,24)10-9-20/h2-6,15-18H,7-13,20H2,1H3/t15-,16+,17+,18?. The molecule has 1 aromatic rings. The number of fused-ring (bicyclic) bond motifs is 2. The van der Waals surface area contributed by atoms with Gasteiger partial charge in [-0.15, -0.1) is 0 Å². The second-order valence-corrected chi connectivity index (χ2v) is 9.14. The Morgan fingerprint density at radius 2 is 1.85 bits per heavy atom. The smallest absolute Gasteiger partial charge is 0.316 e. The molecule has 0 aromatic heterocycles. The van der Waals surface area contributed by atoms with Crippen LogP contribution >= 0.6 is 0 Å². The van der Waals surface area contributed by atoms with Crippen LogP contribution in [0.4, 0.5) is 0 Å². The van der Waals surface area contributed by atoms with Gasteiger partial charge >= 0.3 is 5.97 Å². The Hall–Kier alpha value is -1.48. The third-order valence-electron chi connectivity index (χ3n) is 5.61. The van der Waals surface area contributed by atoms with Gasteiger partial charge in [0, 0.05) is 18.6 Å². The van der Waals surface area contributed by atoms with Crippen LogP contribution in [-0.4, -0.2) is 63.4 Å². The van der Waals surface area contributed by atoms with E-state index < -0.39 is 22.0 Å². The fourth-order valence-corrected chi connectivity index (χ4v) is 4.81. The van der Waals surface area contributed by atoms with Gasteiger partial charge in [-0.25, -0.2) is 0 Å². The largest absolute Gasteiger partial charge is 0.462 e. The van der Waals surface area contributed by atoms with E-state index in [1.54, 1.807) is 24.3 Å². The van der Waals surface area contributed by atoms with Gasteiger partial charge < -0.3 is 15.4 Å². The van der Waals surface area contributed by atoms with E-state index in [0.717, 1.165) is 25.7 Å². The molecular weight excluding hydrogens is 368 g/mol. The topological polar surface area (TPSA) is 98.9 Å². The van der Waals surface area contributed by atoms with Gasteiger partial charge in [-0.3, -0.25) is 8.98 Å². The number of esters is 1. The van der Waals surface area contributed by atoms with Gasteiger partial charge in [0.1, 0.15) is 12.0 Å².